The van der Waals surface area contributed by atoms with Crippen molar-refractivity contribution in [3.63, 3.8) is 0 Å². The molecule has 5 aliphatic heterocycles. The third-order valence-corrected chi connectivity index (χ3v) is 18.9. The van der Waals surface area contributed by atoms with Crippen LogP contribution in [-0.2, 0) is 0 Å². The summed E-state index contributed by atoms with van der Waals surface area (Å²) in [7, 11) is 0. The second-order valence-electron chi connectivity index (χ2n) is 21.4. The molecule has 13 rings (SSSR count). The van der Waals surface area contributed by atoms with Gasteiger partial charge in [-0.2, -0.15) is 0 Å². The first-order chi connectivity index (χ1) is 27.7. The molecule has 12 bridgehead atoms. The predicted octanol–water partition coefficient (Wildman–Crippen LogP) is 10.7. The lowest BCUT2D eigenvalue weighted by Gasteiger charge is -2.52. The summed E-state index contributed by atoms with van der Waals surface area (Å²) in [5.74, 6) is 7.78. The second-order valence-corrected chi connectivity index (χ2v) is 21.4. The largest absolute Gasteiger partial charge is 0.309 e. The van der Waals surface area contributed by atoms with Crippen molar-refractivity contribution in [2.45, 2.75) is 214 Å². The third-order valence-electron chi connectivity index (χ3n) is 18.9. The monoisotopic (exact) mass is 757 g/mol. The van der Waals surface area contributed by atoms with Gasteiger partial charge in [0.15, 0.2) is 0 Å². The van der Waals surface area contributed by atoms with Crippen LogP contribution < -0.4 is 21.3 Å². The lowest BCUT2D eigenvalue weighted by atomic mass is 9.51. The first-order valence-electron chi connectivity index (χ1n) is 24.9. The number of unbranched alkanes of at least 4 members (excludes halogenated alkanes) is 6. The number of benzene rings is 2. The van der Waals surface area contributed by atoms with Gasteiger partial charge in [-0.15, -0.1) is 0 Å². The highest BCUT2D eigenvalue weighted by Crippen LogP contribution is 2.65. The maximum atomic E-state index is 4.70. The van der Waals surface area contributed by atoms with E-state index in [0.717, 1.165) is 59.2 Å². The van der Waals surface area contributed by atoms with Crippen LogP contribution in [0.2, 0.25) is 0 Å². The molecule has 304 valence electrons. The van der Waals surface area contributed by atoms with Crippen molar-refractivity contribution in [1.29, 1.82) is 0 Å². The molecule has 2 aromatic rings. The topological polar surface area (TPSA) is 48.1 Å². The second kappa shape index (κ2) is 15.7. The zero-order chi connectivity index (χ0) is 37.3. The smallest absolute Gasteiger partial charge is 0.0264 e. The molecule has 5 heterocycles. The van der Waals surface area contributed by atoms with Gasteiger partial charge in [-0.1, -0.05) is 114 Å². The van der Waals surface area contributed by atoms with Gasteiger partial charge in [-0.05, 0) is 158 Å². The number of nitrogens with one attached hydrogen (secondary N) is 4. The van der Waals surface area contributed by atoms with Crippen LogP contribution in [-0.4, -0.2) is 48.3 Å². The van der Waals surface area contributed by atoms with Crippen LogP contribution in [0, 0.1) is 35.5 Å². The highest BCUT2D eigenvalue weighted by Gasteiger charge is 2.64. The summed E-state index contributed by atoms with van der Waals surface area (Å²) < 4.78 is 0. The molecular formula is C52H76N4. The number of hydrogen-bond acceptors (Lipinski definition) is 4. The fourth-order valence-electron chi connectivity index (χ4n) is 16.8. The van der Waals surface area contributed by atoms with Crippen LogP contribution in [0.15, 0.2) is 48.5 Å². The molecule has 4 heteroatoms. The van der Waals surface area contributed by atoms with Gasteiger partial charge in [0.2, 0.25) is 0 Å². The van der Waals surface area contributed by atoms with Crippen LogP contribution in [0.3, 0.4) is 0 Å². The van der Waals surface area contributed by atoms with Gasteiger partial charge in [0, 0.05) is 48.3 Å². The average molecular weight is 757 g/mol. The predicted molar refractivity (Wildman–Crippen MR) is 231 cm³/mol. The van der Waals surface area contributed by atoms with Gasteiger partial charge >= 0.3 is 0 Å². The van der Waals surface area contributed by atoms with Crippen molar-refractivity contribution >= 4 is 0 Å². The van der Waals surface area contributed by atoms with Crippen LogP contribution in [0.5, 0.6) is 0 Å². The Balaban J connectivity index is 0.956. The molecule has 7 fully saturated rings. The van der Waals surface area contributed by atoms with E-state index in [0.29, 0.717) is 48.3 Å². The van der Waals surface area contributed by atoms with Crippen LogP contribution in [0.4, 0.5) is 0 Å². The van der Waals surface area contributed by atoms with E-state index in [-0.39, 0.29) is 0 Å². The highest BCUT2D eigenvalue weighted by molar-refractivity contribution is 5.45. The van der Waals surface area contributed by atoms with Gasteiger partial charge < -0.3 is 21.3 Å². The molecule has 56 heavy (non-hydrogen) atoms. The Hall–Kier alpha value is -1.72. The minimum absolute atomic E-state index is 0.595. The SMILES string of the molecule is CCCCCCC1CC2NC1CCC1NC(C3NC(CCC4NC2CC4CCCCCC)C2C4CCC(c5ccccc54)C32)C2C3CCC(c4ccccc43)C12. The van der Waals surface area contributed by atoms with Crippen LogP contribution in [0.1, 0.15) is 188 Å². The van der Waals surface area contributed by atoms with Gasteiger partial charge in [0.25, 0.3) is 0 Å². The molecular weight excluding hydrogens is 681 g/mol. The first kappa shape index (κ1) is 37.3. The van der Waals surface area contributed by atoms with Gasteiger partial charge in [-0.3, -0.25) is 0 Å². The molecule has 6 aliphatic carbocycles. The molecule has 0 aromatic heterocycles. The Morgan fingerprint density at radius 3 is 1.16 bits per heavy atom. The van der Waals surface area contributed by atoms with Crippen molar-refractivity contribution in [3.05, 3.63) is 70.8 Å². The molecule has 18 atom stereocenters. The number of rotatable bonds is 10. The Morgan fingerprint density at radius 2 is 0.768 bits per heavy atom. The molecule has 0 radical (unpaired) electrons. The summed E-state index contributed by atoms with van der Waals surface area (Å²) in [6.07, 6.45) is 28.0. The Labute approximate surface area is 340 Å². The quantitative estimate of drug-likeness (QED) is 0.182. The normalized spacial score (nSPS) is 45.4. The molecule has 2 saturated carbocycles. The van der Waals surface area contributed by atoms with E-state index >= 15 is 0 Å². The summed E-state index contributed by atoms with van der Waals surface area (Å²) >= 11 is 0. The van der Waals surface area contributed by atoms with E-state index in [9.17, 15) is 0 Å². The van der Waals surface area contributed by atoms with E-state index in [1.165, 1.54) is 128 Å². The van der Waals surface area contributed by atoms with E-state index in [1.54, 1.807) is 22.3 Å². The zero-order valence-electron chi connectivity index (χ0n) is 35.2. The Morgan fingerprint density at radius 1 is 0.393 bits per heavy atom. The van der Waals surface area contributed by atoms with Crippen molar-refractivity contribution in [1.82, 2.24) is 21.3 Å². The summed E-state index contributed by atoms with van der Waals surface area (Å²) in [6.45, 7) is 4.75. The maximum absolute atomic E-state index is 4.70. The Bertz CT molecular complexity index is 1550. The molecule has 11 aliphatic rings. The fourth-order valence-corrected chi connectivity index (χ4v) is 16.8. The number of fused-ring (bicyclic) bond motifs is 12. The summed E-state index contributed by atoms with van der Waals surface area (Å²) in [5, 5.41) is 18.3. The lowest BCUT2D eigenvalue weighted by molar-refractivity contribution is 0.111. The standard InChI is InChI=1S/C52H76N4/c1-3-5-7-9-15-31-29-45-46-30-32(16-10-8-6-4-2)42(54-46)26-28-44-48-38-22-24-40(36-20-14-12-18-34(36)38)50(48)52(56-44)51-49-39-23-21-37(33-17-11-13-19-35(33)39)47(49)43(55-51)27-25-41(31)53-45/h11-14,17-20,31-32,37-56H,3-10,15-16,21-30H2,1-2H3. The van der Waals surface area contributed by atoms with Gasteiger partial charge in [0.05, 0.1) is 0 Å². The average Bonchev–Trinajstić information content (AvgIpc) is 4.03. The van der Waals surface area contributed by atoms with Crippen LogP contribution >= 0.6 is 0 Å². The molecule has 0 amide bonds. The maximum Gasteiger partial charge on any atom is 0.0264 e. The van der Waals surface area contributed by atoms with Gasteiger partial charge in [0.1, 0.15) is 0 Å². The summed E-state index contributed by atoms with van der Waals surface area (Å²) in [5.41, 5.74) is 6.96. The number of hydrogen-bond donors (Lipinski definition) is 4. The summed E-state index contributed by atoms with van der Waals surface area (Å²) in [4.78, 5) is 0. The fraction of sp³-hybridized carbons (Fsp3) is 0.769. The summed E-state index contributed by atoms with van der Waals surface area (Å²) in [6, 6.07) is 24.8. The minimum Gasteiger partial charge on any atom is -0.309 e. The van der Waals surface area contributed by atoms with E-state index in [1.807, 2.05) is 0 Å². The highest BCUT2D eigenvalue weighted by atomic mass is 15.2. The zero-order valence-corrected chi connectivity index (χ0v) is 35.2. The molecule has 5 saturated heterocycles. The molecule has 18 unspecified atom stereocenters. The molecule has 2 aromatic carbocycles. The van der Waals surface area contributed by atoms with Crippen molar-refractivity contribution in [3.8, 4) is 0 Å². The van der Waals surface area contributed by atoms with Crippen LogP contribution in [0.25, 0.3) is 0 Å². The van der Waals surface area contributed by atoms with Crippen molar-refractivity contribution < 1.29 is 0 Å². The lowest BCUT2D eigenvalue weighted by Crippen LogP contribution is -2.54. The first-order valence-corrected chi connectivity index (χ1v) is 24.9. The van der Waals surface area contributed by atoms with E-state index in [2.05, 4.69) is 73.0 Å². The van der Waals surface area contributed by atoms with E-state index < -0.39 is 0 Å². The van der Waals surface area contributed by atoms with E-state index in [4.69, 9.17) is 10.6 Å². The molecule has 0 spiro atoms. The molecule has 4 nitrogen and oxygen atoms in total. The Kier molecular flexibility index (Phi) is 10.5. The van der Waals surface area contributed by atoms with Crippen molar-refractivity contribution in [2.75, 3.05) is 0 Å². The molecule has 4 N–H and O–H groups in total. The van der Waals surface area contributed by atoms with Gasteiger partial charge in [-0.25, -0.2) is 0 Å². The third kappa shape index (κ3) is 6.25. The minimum atomic E-state index is 0.595. The van der Waals surface area contributed by atoms with Crippen molar-refractivity contribution in [2.24, 2.45) is 35.5 Å².